The Morgan fingerprint density at radius 2 is 1.29 bits per heavy atom. The summed E-state index contributed by atoms with van der Waals surface area (Å²) in [6, 6.07) is 4.56. The second-order valence-corrected chi connectivity index (χ2v) is 8.17. The second-order valence-electron chi connectivity index (χ2n) is 8.17. The van der Waals surface area contributed by atoms with E-state index in [0.29, 0.717) is 0 Å². The molecule has 2 nitrogen and oxygen atoms in total. The summed E-state index contributed by atoms with van der Waals surface area (Å²) in [7, 11) is 0. The van der Waals surface area contributed by atoms with Crippen molar-refractivity contribution in [3.05, 3.63) is 34.4 Å². The van der Waals surface area contributed by atoms with E-state index in [1.165, 1.54) is 16.7 Å². The Morgan fingerprint density at radius 3 is 1.67 bits per heavy atom. The summed E-state index contributed by atoms with van der Waals surface area (Å²) in [6.45, 7) is 17.4. The van der Waals surface area contributed by atoms with E-state index in [1.807, 2.05) is 0 Å². The van der Waals surface area contributed by atoms with Gasteiger partial charge in [0.25, 0.3) is 0 Å². The van der Waals surface area contributed by atoms with Crippen LogP contribution in [-0.2, 0) is 20.3 Å². The highest BCUT2D eigenvalue weighted by atomic mass is 16.7. The Hall–Kier alpha value is -0.860. The summed E-state index contributed by atoms with van der Waals surface area (Å²) in [5, 5.41) is 0. The van der Waals surface area contributed by atoms with Gasteiger partial charge < -0.3 is 9.47 Å². The van der Waals surface area contributed by atoms with Crippen molar-refractivity contribution in [2.75, 3.05) is 13.2 Å². The molecule has 0 bridgehead atoms. The number of benzene rings is 1. The Balaban J connectivity index is 2.56. The van der Waals surface area contributed by atoms with Crippen LogP contribution in [0.3, 0.4) is 0 Å². The van der Waals surface area contributed by atoms with Crippen LogP contribution in [0.1, 0.15) is 76.5 Å². The Morgan fingerprint density at radius 1 is 0.857 bits per heavy atom. The number of ether oxygens (including phenoxy) is 2. The molecule has 1 fully saturated rings. The molecule has 0 atom stereocenters. The van der Waals surface area contributed by atoms with Crippen molar-refractivity contribution in [3.8, 4) is 0 Å². The SMILES string of the molecule is Cc1c(C(C)(C)C)cc(C2OCCCO2)cc1C(C)(C)C. The van der Waals surface area contributed by atoms with Gasteiger partial charge >= 0.3 is 0 Å². The normalized spacial score (nSPS) is 18.0. The lowest BCUT2D eigenvalue weighted by Crippen LogP contribution is -2.23. The first-order valence-electron chi connectivity index (χ1n) is 7.99. The van der Waals surface area contributed by atoms with Crippen LogP contribution in [0.5, 0.6) is 0 Å². The minimum absolute atomic E-state index is 0.120. The molecule has 1 heterocycles. The van der Waals surface area contributed by atoms with Gasteiger partial charge in [0.2, 0.25) is 0 Å². The average Bonchev–Trinajstić information content (AvgIpc) is 2.37. The van der Waals surface area contributed by atoms with E-state index in [2.05, 4.69) is 60.6 Å². The Kier molecular flexibility index (Phi) is 4.51. The van der Waals surface area contributed by atoms with E-state index >= 15 is 0 Å². The quantitative estimate of drug-likeness (QED) is 0.722. The molecule has 0 aromatic heterocycles. The molecule has 0 saturated carbocycles. The van der Waals surface area contributed by atoms with Crippen LogP contribution in [0.4, 0.5) is 0 Å². The molecule has 0 spiro atoms. The number of hydrogen-bond acceptors (Lipinski definition) is 2. The zero-order chi connectivity index (χ0) is 15.8. The maximum absolute atomic E-state index is 5.82. The third-order valence-corrected chi connectivity index (χ3v) is 4.15. The van der Waals surface area contributed by atoms with Crippen molar-refractivity contribution >= 4 is 0 Å². The first kappa shape index (κ1) is 16.5. The monoisotopic (exact) mass is 290 g/mol. The minimum Gasteiger partial charge on any atom is -0.348 e. The molecule has 0 unspecified atom stereocenters. The highest BCUT2D eigenvalue weighted by Crippen LogP contribution is 2.37. The summed E-state index contributed by atoms with van der Waals surface area (Å²) in [6.07, 6.45) is 0.780. The summed E-state index contributed by atoms with van der Waals surface area (Å²) in [4.78, 5) is 0. The maximum atomic E-state index is 5.82. The predicted octanol–water partition coefficient (Wildman–Crippen LogP) is 5.03. The fraction of sp³-hybridized carbons (Fsp3) is 0.684. The van der Waals surface area contributed by atoms with Gasteiger partial charge in [-0.1, -0.05) is 41.5 Å². The smallest absolute Gasteiger partial charge is 0.183 e. The molecule has 1 aromatic rings. The van der Waals surface area contributed by atoms with Gasteiger partial charge in [0, 0.05) is 5.56 Å². The van der Waals surface area contributed by atoms with Crippen molar-refractivity contribution in [2.24, 2.45) is 0 Å². The fourth-order valence-corrected chi connectivity index (χ4v) is 3.11. The molecule has 118 valence electrons. The van der Waals surface area contributed by atoms with E-state index in [0.717, 1.165) is 25.2 Å². The zero-order valence-electron chi connectivity index (χ0n) is 14.7. The lowest BCUT2D eigenvalue weighted by molar-refractivity contribution is -0.183. The molecule has 1 saturated heterocycles. The highest BCUT2D eigenvalue weighted by Gasteiger charge is 2.27. The van der Waals surface area contributed by atoms with Crippen LogP contribution < -0.4 is 0 Å². The van der Waals surface area contributed by atoms with Gasteiger partial charge in [-0.05, 0) is 53.0 Å². The molecule has 0 radical (unpaired) electrons. The molecule has 2 heteroatoms. The maximum Gasteiger partial charge on any atom is 0.183 e. The lowest BCUT2D eigenvalue weighted by atomic mass is 9.75. The predicted molar refractivity (Wildman–Crippen MR) is 87.8 cm³/mol. The Labute approximate surface area is 129 Å². The summed E-state index contributed by atoms with van der Waals surface area (Å²) in [5.74, 6) is 0. The van der Waals surface area contributed by atoms with Gasteiger partial charge in [0.15, 0.2) is 6.29 Å². The van der Waals surface area contributed by atoms with Gasteiger partial charge in [-0.3, -0.25) is 0 Å². The van der Waals surface area contributed by atoms with Crippen LogP contribution in [0, 0.1) is 6.92 Å². The van der Waals surface area contributed by atoms with E-state index in [9.17, 15) is 0 Å². The zero-order valence-corrected chi connectivity index (χ0v) is 14.7. The van der Waals surface area contributed by atoms with E-state index < -0.39 is 0 Å². The Bertz CT molecular complexity index is 462. The second kappa shape index (κ2) is 5.73. The molecule has 0 aliphatic carbocycles. The van der Waals surface area contributed by atoms with Crippen LogP contribution in [0.15, 0.2) is 12.1 Å². The third-order valence-electron chi connectivity index (χ3n) is 4.15. The van der Waals surface area contributed by atoms with Crippen molar-refractivity contribution in [3.63, 3.8) is 0 Å². The molecule has 0 N–H and O–H groups in total. The van der Waals surface area contributed by atoms with Crippen molar-refractivity contribution < 1.29 is 9.47 Å². The van der Waals surface area contributed by atoms with E-state index in [4.69, 9.17) is 9.47 Å². The average molecular weight is 290 g/mol. The number of rotatable bonds is 1. The molecular weight excluding hydrogens is 260 g/mol. The number of hydrogen-bond donors (Lipinski definition) is 0. The lowest BCUT2D eigenvalue weighted by Gasteiger charge is -2.32. The van der Waals surface area contributed by atoms with Gasteiger partial charge in [-0.15, -0.1) is 0 Å². The van der Waals surface area contributed by atoms with Gasteiger partial charge in [-0.25, -0.2) is 0 Å². The van der Waals surface area contributed by atoms with Crippen LogP contribution in [-0.4, -0.2) is 13.2 Å². The van der Waals surface area contributed by atoms with Crippen molar-refractivity contribution in [2.45, 2.75) is 72.0 Å². The third kappa shape index (κ3) is 3.67. The first-order chi connectivity index (χ1) is 9.60. The largest absolute Gasteiger partial charge is 0.348 e. The van der Waals surface area contributed by atoms with Crippen molar-refractivity contribution in [1.82, 2.24) is 0 Å². The molecule has 2 rings (SSSR count). The highest BCUT2D eigenvalue weighted by molar-refractivity contribution is 5.45. The van der Waals surface area contributed by atoms with Crippen LogP contribution >= 0.6 is 0 Å². The molecule has 1 aromatic carbocycles. The molecule has 21 heavy (non-hydrogen) atoms. The molecule has 0 amide bonds. The molecule has 1 aliphatic rings. The summed E-state index contributed by atoms with van der Waals surface area (Å²) in [5.41, 5.74) is 5.58. The van der Waals surface area contributed by atoms with E-state index in [-0.39, 0.29) is 17.1 Å². The van der Waals surface area contributed by atoms with E-state index in [1.54, 1.807) is 0 Å². The van der Waals surface area contributed by atoms with Gasteiger partial charge in [0.05, 0.1) is 13.2 Å². The van der Waals surface area contributed by atoms with Crippen molar-refractivity contribution in [1.29, 1.82) is 0 Å². The van der Waals surface area contributed by atoms with Crippen LogP contribution in [0.2, 0.25) is 0 Å². The topological polar surface area (TPSA) is 18.5 Å². The fourth-order valence-electron chi connectivity index (χ4n) is 3.11. The standard InChI is InChI=1S/C19H30O2/c1-13-15(18(2,3)4)11-14(12-16(13)19(5,6)7)17-20-9-8-10-21-17/h11-12,17H,8-10H2,1-7H3. The summed E-state index contributed by atoms with van der Waals surface area (Å²) < 4.78 is 11.6. The minimum atomic E-state index is -0.207. The summed E-state index contributed by atoms with van der Waals surface area (Å²) >= 11 is 0. The molecule has 1 aliphatic heterocycles. The van der Waals surface area contributed by atoms with Crippen LogP contribution in [0.25, 0.3) is 0 Å². The first-order valence-corrected chi connectivity index (χ1v) is 7.99. The molecular formula is C19H30O2. The van der Waals surface area contributed by atoms with Gasteiger partial charge in [0.1, 0.15) is 0 Å². The van der Waals surface area contributed by atoms with Gasteiger partial charge in [-0.2, -0.15) is 0 Å².